The normalized spacial score (nSPS) is 28.0. The monoisotopic (exact) mass is 234 g/mol. The van der Waals surface area contributed by atoms with Crippen LogP contribution in [0.1, 0.15) is 24.0 Å². The van der Waals surface area contributed by atoms with Crippen LogP contribution in [0.4, 0.5) is 0 Å². The topological polar surface area (TPSA) is 55.8 Å². The smallest absolute Gasteiger partial charge is 0.313 e. The summed E-state index contributed by atoms with van der Waals surface area (Å²) in [6, 6.07) is 3.36. The molecule has 1 fully saturated rings. The van der Waals surface area contributed by atoms with E-state index in [0.29, 0.717) is 6.61 Å². The standard InChI is InChI=1S/C13H14O4/c1-3-16-13(15)10-9-8-5-7(14)4-6(2)11(8)17-12(9)10/h4-5,9-10,12,14H,3H2,1-2H3. The summed E-state index contributed by atoms with van der Waals surface area (Å²) < 4.78 is 10.7. The molecule has 0 spiro atoms. The van der Waals surface area contributed by atoms with Crippen LogP contribution in [0.2, 0.25) is 0 Å². The van der Waals surface area contributed by atoms with Gasteiger partial charge in [-0.25, -0.2) is 0 Å². The quantitative estimate of drug-likeness (QED) is 0.792. The Morgan fingerprint density at radius 1 is 1.53 bits per heavy atom. The molecule has 3 rings (SSSR count). The zero-order valence-corrected chi connectivity index (χ0v) is 9.77. The number of aromatic hydroxyl groups is 1. The highest BCUT2D eigenvalue weighted by Gasteiger charge is 2.63. The maximum Gasteiger partial charge on any atom is 0.313 e. The van der Waals surface area contributed by atoms with Crippen molar-refractivity contribution in [3.63, 3.8) is 0 Å². The fourth-order valence-corrected chi connectivity index (χ4v) is 2.65. The summed E-state index contributed by atoms with van der Waals surface area (Å²) in [5.74, 6) is 0.714. The number of carbonyl (C=O) groups excluding carboxylic acids is 1. The molecule has 1 aromatic rings. The first-order valence-electron chi connectivity index (χ1n) is 5.80. The van der Waals surface area contributed by atoms with E-state index in [2.05, 4.69) is 0 Å². The Morgan fingerprint density at radius 3 is 3.00 bits per heavy atom. The number of carbonyl (C=O) groups is 1. The molecule has 1 heterocycles. The highest BCUT2D eigenvalue weighted by molar-refractivity contribution is 5.81. The van der Waals surface area contributed by atoms with Crippen molar-refractivity contribution >= 4 is 5.97 Å². The molecular formula is C13H14O4. The lowest BCUT2D eigenvalue weighted by Crippen LogP contribution is -2.13. The predicted octanol–water partition coefficient (Wildman–Crippen LogP) is 1.74. The van der Waals surface area contributed by atoms with Gasteiger partial charge >= 0.3 is 5.97 Å². The van der Waals surface area contributed by atoms with E-state index in [4.69, 9.17) is 9.47 Å². The summed E-state index contributed by atoms with van der Waals surface area (Å²) >= 11 is 0. The molecule has 2 aliphatic rings. The number of phenolic OH excluding ortho intramolecular Hbond substituents is 1. The van der Waals surface area contributed by atoms with Crippen LogP contribution in [-0.2, 0) is 9.53 Å². The van der Waals surface area contributed by atoms with Crippen LogP contribution < -0.4 is 4.74 Å². The van der Waals surface area contributed by atoms with Crippen molar-refractivity contribution in [2.75, 3.05) is 6.61 Å². The molecule has 0 radical (unpaired) electrons. The van der Waals surface area contributed by atoms with E-state index >= 15 is 0 Å². The first kappa shape index (κ1) is 10.4. The first-order valence-corrected chi connectivity index (χ1v) is 5.80. The number of esters is 1. The van der Waals surface area contributed by atoms with Gasteiger partial charge < -0.3 is 14.6 Å². The van der Waals surface area contributed by atoms with Crippen LogP contribution in [0.25, 0.3) is 0 Å². The van der Waals surface area contributed by atoms with Gasteiger partial charge in [-0.15, -0.1) is 0 Å². The SMILES string of the molecule is CCOC(=O)C1C2Oc3c(C)cc(O)cc3C21. The van der Waals surface area contributed by atoms with E-state index in [0.717, 1.165) is 16.9 Å². The minimum atomic E-state index is -0.200. The Bertz CT molecular complexity index is 494. The number of hydrogen-bond acceptors (Lipinski definition) is 4. The van der Waals surface area contributed by atoms with Gasteiger partial charge in [0.15, 0.2) is 0 Å². The molecule has 1 aromatic carbocycles. The summed E-state index contributed by atoms with van der Waals surface area (Å²) in [6.07, 6.45) is -0.0930. The number of phenols is 1. The van der Waals surface area contributed by atoms with Crippen molar-refractivity contribution in [3.8, 4) is 11.5 Å². The van der Waals surface area contributed by atoms with Gasteiger partial charge in [-0.05, 0) is 31.5 Å². The maximum absolute atomic E-state index is 11.6. The van der Waals surface area contributed by atoms with Crippen LogP contribution >= 0.6 is 0 Å². The molecule has 1 aliphatic heterocycles. The Hall–Kier alpha value is -1.71. The Kier molecular flexibility index (Phi) is 2.08. The molecule has 0 amide bonds. The van der Waals surface area contributed by atoms with Gasteiger partial charge in [-0.1, -0.05) is 0 Å². The van der Waals surface area contributed by atoms with Crippen molar-refractivity contribution in [1.82, 2.24) is 0 Å². The number of aryl methyl sites for hydroxylation is 1. The van der Waals surface area contributed by atoms with Crippen LogP contribution in [0.3, 0.4) is 0 Å². The summed E-state index contributed by atoms with van der Waals surface area (Å²) in [6.45, 7) is 4.07. The molecule has 0 bridgehead atoms. The van der Waals surface area contributed by atoms with Crippen LogP contribution in [0.15, 0.2) is 12.1 Å². The molecule has 4 nitrogen and oxygen atoms in total. The number of fused-ring (bicyclic) bond motifs is 3. The molecule has 4 heteroatoms. The zero-order valence-electron chi connectivity index (χ0n) is 9.77. The number of benzene rings is 1. The fourth-order valence-electron chi connectivity index (χ4n) is 2.65. The lowest BCUT2D eigenvalue weighted by atomic mass is 10.0. The highest BCUT2D eigenvalue weighted by Crippen LogP contribution is 2.60. The molecular weight excluding hydrogens is 220 g/mol. The van der Waals surface area contributed by atoms with Crippen molar-refractivity contribution in [1.29, 1.82) is 0 Å². The molecule has 90 valence electrons. The molecule has 3 atom stereocenters. The number of ether oxygens (including phenoxy) is 2. The highest BCUT2D eigenvalue weighted by atomic mass is 16.5. The molecule has 1 saturated carbocycles. The molecule has 1 aliphatic carbocycles. The van der Waals surface area contributed by atoms with E-state index in [9.17, 15) is 9.90 Å². The number of hydrogen-bond donors (Lipinski definition) is 1. The molecule has 17 heavy (non-hydrogen) atoms. The van der Waals surface area contributed by atoms with E-state index in [1.807, 2.05) is 6.92 Å². The number of rotatable bonds is 2. The third kappa shape index (κ3) is 1.40. The van der Waals surface area contributed by atoms with Gasteiger partial charge in [0, 0.05) is 11.5 Å². The second-order valence-electron chi connectivity index (χ2n) is 4.57. The summed E-state index contributed by atoms with van der Waals surface area (Å²) in [5, 5.41) is 9.57. The van der Waals surface area contributed by atoms with E-state index in [1.54, 1.807) is 19.1 Å². The van der Waals surface area contributed by atoms with Crippen LogP contribution in [0.5, 0.6) is 11.5 Å². The van der Waals surface area contributed by atoms with Crippen molar-refractivity contribution in [3.05, 3.63) is 23.3 Å². The molecule has 0 saturated heterocycles. The van der Waals surface area contributed by atoms with Gasteiger partial charge in [0.05, 0.1) is 6.61 Å². The Labute approximate surface area is 99.2 Å². The molecule has 1 N–H and O–H groups in total. The predicted molar refractivity (Wildman–Crippen MR) is 60.1 cm³/mol. The van der Waals surface area contributed by atoms with Crippen molar-refractivity contribution < 1.29 is 19.4 Å². The summed E-state index contributed by atoms with van der Waals surface area (Å²) in [4.78, 5) is 11.6. The van der Waals surface area contributed by atoms with Crippen molar-refractivity contribution in [2.24, 2.45) is 5.92 Å². The average molecular weight is 234 g/mol. The van der Waals surface area contributed by atoms with Crippen molar-refractivity contribution in [2.45, 2.75) is 25.9 Å². The van der Waals surface area contributed by atoms with Gasteiger partial charge in [0.1, 0.15) is 23.5 Å². The lowest BCUT2D eigenvalue weighted by Gasteiger charge is -2.10. The van der Waals surface area contributed by atoms with Gasteiger partial charge in [-0.2, -0.15) is 0 Å². The maximum atomic E-state index is 11.6. The molecule has 0 aromatic heterocycles. The average Bonchev–Trinajstić information content (AvgIpc) is 2.86. The fraction of sp³-hybridized carbons (Fsp3) is 0.462. The van der Waals surface area contributed by atoms with E-state index in [1.165, 1.54) is 0 Å². The zero-order chi connectivity index (χ0) is 12.2. The van der Waals surface area contributed by atoms with Gasteiger partial charge in [-0.3, -0.25) is 4.79 Å². The second-order valence-corrected chi connectivity index (χ2v) is 4.57. The Balaban J connectivity index is 1.89. The minimum Gasteiger partial charge on any atom is -0.508 e. The minimum absolute atomic E-state index is 0.0647. The first-order chi connectivity index (χ1) is 8.13. The van der Waals surface area contributed by atoms with Crippen LogP contribution in [0, 0.1) is 12.8 Å². The lowest BCUT2D eigenvalue weighted by molar-refractivity contribution is -0.145. The van der Waals surface area contributed by atoms with Gasteiger partial charge in [0.25, 0.3) is 0 Å². The second kappa shape index (κ2) is 3.39. The summed E-state index contributed by atoms with van der Waals surface area (Å²) in [5.41, 5.74) is 1.85. The third-order valence-corrected chi connectivity index (χ3v) is 3.41. The summed E-state index contributed by atoms with van der Waals surface area (Å²) in [7, 11) is 0. The van der Waals surface area contributed by atoms with Gasteiger partial charge in [0.2, 0.25) is 0 Å². The molecule has 3 unspecified atom stereocenters. The van der Waals surface area contributed by atoms with Crippen LogP contribution in [-0.4, -0.2) is 23.8 Å². The van der Waals surface area contributed by atoms with E-state index in [-0.39, 0.29) is 29.7 Å². The van der Waals surface area contributed by atoms with E-state index < -0.39 is 0 Å². The Morgan fingerprint density at radius 2 is 2.29 bits per heavy atom. The largest absolute Gasteiger partial charge is 0.508 e. The third-order valence-electron chi connectivity index (χ3n) is 3.41.